The largest absolute Gasteiger partial charge is 0.416 e. The van der Waals surface area contributed by atoms with Crippen LogP contribution in [-0.2, 0) is 19.8 Å². The number of alkyl halides is 3. The van der Waals surface area contributed by atoms with Crippen LogP contribution in [-0.4, -0.2) is 9.78 Å². The Hall–Kier alpha value is -1.21. The van der Waals surface area contributed by atoms with Crippen molar-refractivity contribution in [2.24, 2.45) is 7.05 Å². The third kappa shape index (κ3) is 3.71. The van der Waals surface area contributed by atoms with E-state index in [-0.39, 0.29) is 6.54 Å². The molecular weight excluding hydrogens is 371 g/mol. The van der Waals surface area contributed by atoms with Gasteiger partial charge in [0.05, 0.1) is 28.5 Å². The number of anilines is 1. The lowest BCUT2D eigenvalue weighted by Crippen LogP contribution is -2.08. The number of aryl methyl sites for hydroxylation is 2. The van der Waals surface area contributed by atoms with Gasteiger partial charge in [0.15, 0.2) is 0 Å². The van der Waals surface area contributed by atoms with E-state index in [1.54, 1.807) is 24.7 Å². The molecule has 8 heteroatoms. The van der Waals surface area contributed by atoms with Crippen LogP contribution in [0, 0.1) is 6.92 Å². The third-order valence-corrected chi connectivity index (χ3v) is 3.90. The van der Waals surface area contributed by atoms with E-state index in [1.807, 2.05) is 0 Å². The van der Waals surface area contributed by atoms with Crippen molar-refractivity contribution in [3.05, 3.63) is 44.6 Å². The molecule has 0 radical (unpaired) electrons. The number of benzene rings is 1. The molecule has 0 fully saturated rings. The lowest BCUT2D eigenvalue weighted by molar-refractivity contribution is -0.137. The van der Waals surface area contributed by atoms with Gasteiger partial charge in [0, 0.05) is 17.2 Å². The van der Waals surface area contributed by atoms with Crippen LogP contribution in [0.15, 0.2) is 22.7 Å². The fourth-order valence-electron chi connectivity index (χ4n) is 1.91. The maximum absolute atomic E-state index is 12.8. The van der Waals surface area contributed by atoms with Crippen LogP contribution < -0.4 is 5.32 Å². The number of nitrogens with zero attached hydrogens (tertiary/aromatic N) is 2. The van der Waals surface area contributed by atoms with E-state index in [1.165, 1.54) is 0 Å². The second kappa shape index (κ2) is 5.88. The van der Waals surface area contributed by atoms with Crippen LogP contribution in [0.25, 0.3) is 0 Å². The predicted octanol–water partition coefficient (Wildman–Crippen LogP) is 4.78. The summed E-state index contributed by atoms with van der Waals surface area (Å²) in [5.41, 5.74) is 1.03. The van der Waals surface area contributed by atoms with Crippen LogP contribution in [0.2, 0.25) is 5.02 Å². The van der Waals surface area contributed by atoms with Gasteiger partial charge < -0.3 is 5.32 Å². The second-order valence-corrected chi connectivity index (χ2v) is 5.84. The van der Waals surface area contributed by atoms with Crippen molar-refractivity contribution in [2.45, 2.75) is 19.6 Å². The van der Waals surface area contributed by atoms with Gasteiger partial charge in [-0.2, -0.15) is 18.3 Å². The summed E-state index contributed by atoms with van der Waals surface area (Å²) < 4.78 is 40.2. The standard InChI is InChI=1S/C13H12BrClF3N3/c1-7-12(15)11(21(2)20-7)6-19-10-4-8(13(16,17)18)3-9(14)5-10/h3-5,19H,6H2,1-2H3. The third-order valence-electron chi connectivity index (χ3n) is 2.95. The molecule has 2 aromatic rings. The normalized spacial score (nSPS) is 11.8. The Morgan fingerprint density at radius 1 is 1.33 bits per heavy atom. The summed E-state index contributed by atoms with van der Waals surface area (Å²) in [4.78, 5) is 0. The van der Waals surface area contributed by atoms with E-state index >= 15 is 0 Å². The Morgan fingerprint density at radius 3 is 2.52 bits per heavy atom. The lowest BCUT2D eigenvalue weighted by atomic mass is 10.2. The van der Waals surface area contributed by atoms with Crippen molar-refractivity contribution in [2.75, 3.05) is 5.32 Å². The maximum Gasteiger partial charge on any atom is 0.416 e. The second-order valence-electron chi connectivity index (χ2n) is 4.55. The number of rotatable bonds is 3. The van der Waals surface area contributed by atoms with Gasteiger partial charge in [-0.25, -0.2) is 0 Å². The van der Waals surface area contributed by atoms with Gasteiger partial charge in [-0.3, -0.25) is 4.68 Å². The summed E-state index contributed by atoms with van der Waals surface area (Å²) in [5.74, 6) is 0. The zero-order valence-electron chi connectivity index (χ0n) is 11.2. The highest BCUT2D eigenvalue weighted by molar-refractivity contribution is 9.10. The quantitative estimate of drug-likeness (QED) is 0.828. The smallest absolute Gasteiger partial charge is 0.379 e. The van der Waals surface area contributed by atoms with Crippen molar-refractivity contribution in [3.8, 4) is 0 Å². The molecule has 0 aliphatic rings. The first-order chi connectivity index (χ1) is 9.68. The first-order valence-corrected chi connectivity index (χ1v) is 7.15. The van der Waals surface area contributed by atoms with E-state index in [4.69, 9.17) is 11.6 Å². The van der Waals surface area contributed by atoms with Crippen LogP contribution in [0.5, 0.6) is 0 Å². The summed E-state index contributed by atoms with van der Waals surface area (Å²) in [6.45, 7) is 2.05. The van der Waals surface area contributed by atoms with Crippen molar-refractivity contribution in [1.82, 2.24) is 9.78 Å². The average Bonchev–Trinajstić information content (AvgIpc) is 2.59. The van der Waals surface area contributed by atoms with Gasteiger partial charge in [-0.1, -0.05) is 27.5 Å². The van der Waals surface area contributed by atoms with E-state index in [0.29, 0.717) is 26.6 Å². The Kier molecular flexibility index (Phi) is 4.53. The molecule has 1 heterocycles. The van der Waals surface area contributed by atoms with E-state index in [9.17, 15) is 13.2 Å². The lowest BCUT2D eigenvalue weighted by Gasteiger charge is -2.12. The number of aromatic nitrogens is 2. The fourth-order valence-corrected chi connectivity index (χ4v) is 2.63. The Balaban J connectivity index is 2.22. The summed E-state index contributed by atoms with van der Waals surface area (Å²) in [6.07, 6.45) is -4.39. The van der Waals surface area contributed by atoms with Gasteiger partial charge in [0.1, 0.15) is 0 Å². The zero-order valence-corrected chi connectivity index (χ0v) is 13.6. The molecule has 0 spiro atoms. The van der Waals surface area contributed by atoms with E-state index < -0.39 is 11.7 Å². The first kappa shape index (κ1) is 16.2. The van der Waals surface area contributed by atoms with E-state index in [0.717, 1.165) is 12.1 Å². The van der Waals surface area contributed by atoms with Gasteiger partial charge in [-0.15, -0.1) is 0 Å². The molecule has 0 saturated heterocycles. The van der Waals surface area contributed by atoms with Gasteiger partial charge in [0.25, 0.3) is 0 Å². The van der Waals surface area contributed by atoms with Crippen LogP contribution in [0.1, 0.15) is 17.0 Å². The molecule has 0 unspecified atom stereocenters. The summed E-state index contributed by atoms with van der Waals surface area (Å²) >= 11 is 9.18. The van der Waals surface area contributed by atoms with Gasteiger partial charge >= 0.3 is 6.18 Å². The summed E-state index contributed by atoms with van der Waals surface area (Å²) in [7, 11) is 1.73. The average molecular weight is 383 g/mol. The van der Waals surface area contributed by atoms with E-state index in [2.05, 4.69) is 26.3 Å². The highest BCUT2D eigenvalue weighted by Gasteiger charge is 2.31. The Labute approximate surface area is 133 Å². The number of hydrogen-bond donors (Lipinski definition) is 1. The molecule has 1 N–H and O–H groups in total. The monoisotopic (exact) mass is 381 g/mol. The summed E-state index contributed by atoms with van der Waals surface area (Å²) in [6, 6.07) is 3.67. The molecular formula is C13H12BrClF3N3. The first-order valence-electron chi connectivity index (χ1n) is 5.98. The van der Waals surface area contributed by atoms with Crippen LogP contribution in [0.4, 0.5) is 18.9 Å². The summed E-state index contributed by atoms with van der Waals surface area (Å²) in [5, 5.41) is 7.60. The minimum atomic E-state index is -4.39. The number of nitrogens with one attached hydrogen (secondary N) is 1. The van der Waals surface area contributed by atoms with Crippen molar-refractivity contribution in [3.63, 3.8) is 0 Å². The van der Waals surface area contributed by atoms with Crippen molar-refractivity contribution < 1.29 is 13.2 Å². The highest BCUT2D eigenvalue weighted by atomic mass is 79.9. The molecule has 0 saturated carbocycles. The molecule has 0 aliphatic carbocycles. The topological polar surface area (TPSA) is 29.9 Å². The molecule has 0 aliphatic heterocycles. The highest BCUT2D eigenvalue weighted by Crippen LogP contribution is 2.33. The number of hydrogen-bond acceptors (Lipinski definition) is 2. The van der Waals surface area contributed by atoms with Crippen molar-refractivity contribution >= 4 is 33.2 Å². The van der Waals surface area contributed by atoms with Crippen LogP contribution in [0.3, 0.4) is 0 Å². The van der Waals surface area contributed by atoms with Gasteiger partial charge in [-0.05, 0) is 25.1 Å². The SMILES string of the molecule is Cc1nn(C)c(CNc2cc(Br)cc(C(F)(F)F)c2)c1Cl. The zero-order chi connectivity index (χ0) is 15.8. The maximum atomic E-state index is 12.8. The molecule has 0 amide bonds. The molecule has 0 bridgehead atoms. The van der Waals surface area contributed by atoms with Crippen LogP contribution >= 0.6 is 27.5 Å². The molecule has 0 atom stereocenters. The predicted molar refractivity (Wildman–Crippen MR) is 79.4 cm³/mol. The molecule has 3 nitrogen and oxygen atoms in total. The Morgan fingerprint density at radius 2 is 2.00 bits per heavy atom. The van der Waals surface area contributed by atoms with Crippen molar-refractivity contribution in [1.29, 1.82) is 0 Å². The fraction of sp³-hybridized carbons (Fsp3) is 0.308. The van der Waals surface area contributed by atoms with Gasteiger partial charge in [0.2, 0.25) is 0 Å². The molecule has 114 valence electrons. The molecule has 21 heavy (non-hydrogen) atoms. The molecule has 2 rings (SSSR count). The Bertz CT molecular complexity index is 667. The number of halogens is 5. The minimum absolute atomic E-state index is 0.282. The minimum Gasteiger partial charge on any atom is -0.379 e. The molecule has 1 aromatic carbocycles. The molecule has 1 aromatic heterocycles.